The number of halogens is 1. The highest BCUT2D eigenvalue weighted by Gasteiger charge is 2.25. The molecular formula is C21H22ClN5O7S2. The van der Waals surface area contributed by atoms with E-state index in [2.05, 4.69) is 15.3 Å². The molecule has 2 amide bonds. The van der Waals surface area contributed by atoms with Gasteiger partial charge in [-0.3, -0.25) is 9.69 Å². The Balaban J connectivity index is 1.88. The molecule has 0 atom stereocenters. The summed E-state index contributed by atoms with van der Waals surface area (Å²) in [6.45, 7) is 5.42. The Morgan fingerprint density at radius 2 is 1.92 bits per heavy atom. The summed E-state index contributed by atoms with van der Waals surface area (Å²) in [5, 5.41) is 24.3. The molecule has 36 heavy (non-hydrogen) atoms. The molecule has 1 aromatic carbocycles. The number of amides is 2. The monoisotopic (exact) mass is 555 g/mol. The average molecular weight is 556 g/mol. The quantitative estimate of drug-likeness (QED) is 0.265. The molecule has 2 aromatic heterocycles. The van der Waals surface area contributed by atoms with Crippen LogP contribution in [0.25, 0.3) is 11.4 Å². The first-order valence-corrected chi connectivity index (χ1v) is 13.3. The van der Waals surface area contributed by atoms with Crippen molar-refractivity contribution in [3.8, 4) is 17.1 Å². The summed E-state index contributed by atoms with van der Waals surface area (Å²) in [6, 6.07) is 3.26. The van der Waals surface area contributed by atoms with Crippen LogP contribution in [0.2, 0.25) is 5.02 Å². The molecule has 0 fully saturated rings. The maximum atomic E-state index is 13.1. The zero-order chi connectivity index (χ0) is 26.6. The largest absolute Gasteiger partial charge is 0.501 e. The van der Waals surface area contributed by atoms with Crippen LogP contribution in [0.1, 0.15) is 29.9 Å². The van der Waals surface area contributed by atoms with Crippen molar-refractivity contribution < 1.29 is 28.2 Å². The van der Waals surface area contributed by atoms with Gasteiger partial charge < -0.3 is 20.5 Å². The molecule has 0 saturated heterocycles. The SMILES string of the molecule is CCN(CC)Cc1c(Cl)cccc1S(=O)(=O)NC(=O)Nc1cscc1-c1nc(C(=O)O)c(O)c(=O)[nH]1. The van der Waals surface area contributed by atoms with Gasteiger partial charge in [0.05, 0.1) is 16.1 Å². The molecule has 0 bridgehead atoms. The van der Waals surface area contributed by atoms with Gasteiger partial charge in [-0.05, 0) is 25.2 Å². The maximum Gasteiger partial charge on any atom is 0.358 e. The summed E-state index contributed by atoms with van der Waals surface area (Å²) in [4.78, 5) is 43.6. The number of aromatic hydroxyl groups is 1. The Bertz CT molecular complexity index is 1470. The van der Waals surface area contributed by atoms with E-state index in [4.69, 9.17) is 16.7 Å². The third-order valence-electron chi connectivity index (χ3n) is 5.13. The molecule has 15 heteroatoms. The highest BCUT2D eigenvalue weighted by Crippen LogP contribution is 2.30. The van der Waals surface area contributed by atoms with E-state index in [1.165, 1.54) is 22.9 Å². The molecule has 0 spiro atoms. The number of hydrogen-bond acceptors (Lipinski definition) is 9. The zero-order valence-electron chi connectivity index (χ0n) is 19.0. The van der Waals surface area contributed by atoms with Gasteiger partial charge in [-0.25, -0.2) is 27.7 Å². The number of benzene rings is 1. The molecule has 192 valence electrons. The average Bonchev–Trinajstić information content (AvgIpc) is 3.27. The van der Waals surface area contributed by atoms with Crippen LogP contribution in [0.3, 0.4) is 0 Å². The number of aromatic nitrogens is 2. The Labute approximate surface area is 214 Å². The maximum absolute atomic E-state index is 13.1. The highest BCUT2D eigenvalue weighted by atomic mass is 35.5. The van der Waals surface area contributed by atoms with Crippen LogP contribution < -0.4 is 15.6 Å². The van der Waals surface area contributed by atoms with Gasteiger partial charge in [0.2, 0.25) is 5.75 Å². The van der Waals surface area contributed by atoms with Crippen LogP contribution in [0.4, 0.5) is 10.5 Å². The summed E-state index contributed by atoms with van der Waals surface area (Å²) in [7, 11) is -4.34. The van der Waals surface area contributed by atoms with Crippen LogP contribution >= 0.6 is 22.9 Å². The lowest BCUT2D eigenvalue weighted by atomic mass is 10.2. The number of hydrogen-bond donors (Lipinski definition) is 5. The van der Waals surface area contributed by atoms with E-state index in [9.17, 15) is 27.9 Å². The minimum atomic E-state index is -4.34. The van der Waals surface area contributed by atoms with Gasteiger partial charge in [-0.15, -0.1) is 11.3 Å². The van der Waals surface area contributed by atoms with Gasteiger partial charge in [-0.2, -0.15) is 0 Å². The fraction of sp³-hybridized carbons (Fsp3) is 0.238. The van der Waals surface area contributed by atoms with Gasteiger partial charge in [0.15, 0.2) is 5.69 Å². The summed E-state index contributed by atoms with van der Waals surface area (Å²) >= 11 is 7.35. The summed E-state index contributed by atoms with van der Waals surface area (Å²) in [5.41, 5.74) is -1.47. The predicted molar refractivity (Wildman–Crippen MR) is 134 cm³/mol. The van der Waals surface area contributed by atoms with Gasteiger partial charge in [0, 0.05) is 27.9 Å². The number of carboxylic acid groups (broad SMARTS) is 1. The van der Waals surface area contributed by atoms with Gasteiger partial charge in [0.25, 0.3) is 15.6 Å². The number of nitrogens with zero attached hydrogens (tertiary/aromatic N) is 2. The number of H-pyrrole nitrogens is 1. The molecule has 0 radical (unpaired) electrons. The van der Waals surface area contributed by atoms with E-state index in [-0.39, 0.29) is 33.5 Å². The van der Waals surface area contributed by atoms with Crippen molar-refractivity contribution in [1.82, 2.24) is 19.6 Å². The molecule has 5 N–H and O–H groups in total. The number of carboxylic acids is 1. The first-order valence-electron chi connectivity index (χ1n) is 10.4. The molecule has 0 unspecified atom stereocenters. The third-order valence-corrected chi connectivity index (χ3v) is 7.64. The molecule has 2 heterocycles. The van der Waals surface area contributed by atoms with Gasteiger partial charge >= 0.3 is 12.0 Å². The van der Waals surface area contributed by atoms with Crippen molar-refractivity contribution in [2.45, 2.75) is 25.3 Å². The van der Waals surface area contributed by atoms with E-state index in [1.54, 1.807) is 6.07 Å². The van der Waals surface area contributed by atoms with E-state index in [1.807, 2.05) is 23.5 Å². The number of carbonyl (C=O) groups excluding carboxylic acids is 1. The van der Waals surface area contributed by atoms with Crippen molar-refractivity contribution in [2.24, 2.45) is 0 Å². The number of anilines is 1. The Kier molecular flexibility index (Phi) is 8.35. The van der Waals surface area contributed by atoms with Crippen LogP contribution in [0, 0.1) is 0 Å². The van der Waals surface area contributed by atoms with Crippen molar-refractivity contribution >= 4 is 50.6 Å². The second kappa shape index (κ2) is 11.1. The molecule has 0 aliphatic carbocycles. The van der Waals surface area contributed by atoms with Crippen LogP contribution in [0.15, 0.2) is 38.6 Å². The standard InChI is InChI=1S/C21H22ClN5O7S2/c1-3-27(4-2)8-11-13(22)6-5-7-15(11)36(33,34)26-21(32)23-14-10-35-9-12(14)18-24-16(20(30)31)17(28)19(29)25-18/h5-7,9-10,28H,3-4,8H2,1-2H3,(H,30,31)(H2,23,26,32)(H,24,25,29). The number of aromatic amines is 1. The molecule has 3 aromatic rings. The van der Waals surface area contributed by atoms with E-state index >= 15 is 0 Å². The Hall–Kier alpha value is -3.46. The topological polar surface area (TPSA) is 182 Å². The first-order chi connectivity index (χ1) is 17.0. The highest BCUT2D eigenvalue weighted by molar-refractivity contribution is 7.90. The Morgan fingerprint density at radius 3 is 2.56 bits per heavy atom. The van der Waals surface area contributed by atoms with E-state index in [0.29, 0.717) is 18.7 Å². The lowest BCUT2D eigenvalue weighted by Crippen LogP contribution is -2.35. The summed E-state index contributed by atoms with van der Waals surface area (Å²) < 4.78 is 28.1. The van der Waals surface area contributed by atoms with Crippen molar-refractivity contribution in [1.29, 1.82) is 0 Å². The van der Waals surface area contributed by atoms with Crippen molar-refractivity contribution in [2.75, 3.05) is 18.4 Å². The summed E-state index contributed by atoms with van der Waals surface area (Å²) in [5.74, 6) is -2.94. The lowest BCUT2D eigenvalue weighted by Gasteiger charge is -2.21. The fourth-order valence-electron chi connectivity index (χ4n) is 3.26. The molecule has 0 aliphatic heterocycles. The predicted octanol–water partition coefficient (Wildman–Crippen LogP) is 2.91. The number of rotatable bonds is 9. The zero-order valence-corrected chi connectivity index (χ0v) is 21.4. The molecule has 0 aliphatic rings. The smallest absolute Gasteiger partial charge is 0.358 e. The minimum Gasteiger partial charge on any atom is -0.501 e. The molecule has 12 nitrogen and oxygen atoms in total. The normalized spacial score (nSPS) is 11.4. The van der Waals surface area contributed by atoms with E-state index in [0.717, 1.165) is 11.3 Å². The second-order valence-electron chi connectivity index (χ2n) is 7.35. The number of nitrogens with one attached hydrogen (secondary N) is 3. The third kappa shape index (κ3) is 5.84. The van der Waals surface area contributed by atoms with Crippen molar-refractivity contribution in [3.63, 3.8) is 0 Å². The number of carbonyl (C=O) groups is 2. The number of sulfonamides is 1. The molecule has 0 saturated carbocycles. The fourth-order valence-corrected chi connectivity index (χ4v) is 5.48. The van der Waals surface area contributed by atoms with Gasteiger partial charge in [0.1, 0.15) is 5.82 Å². The summed E-state index contributed by atoms with van der Waals surface area (Å²) in [6.07, 6.45) is 0. The van der Waals surface area contributed by atoms with Crippen LogP contribution in [-0.2, 0) is 16.6 Å². The van der Waals surface area contributed by atoms with Crippen LogP contribution in [-0.4, -0.2) is 58.6 Å². The lowest BCUT2D eigenvalue weighted by molar-refractivity contribution is 0.0686. The Morgan fingerprint density at radius 1 is 1.22 bits per heavy atom. The number of aromatic carboxylic acids is 1. The van der Waals surface area contributed by atoms with Crippen LogP contribution in [0.5, 0.6) is 5.75 Å². The van der Waals surface area contributed by atoms with Crippen molar-refractivity contribution in [3.05, 3.63) is 55.6 Å². The van der Waals surface area contributed by atoms with Gasteiger partial charge in [-0.1, -0.05) is 31.5 Å². The number of urea groups is 1. The second-order valence-corrected chi connectivity index (χ2v) is 10.2. The first kappa shape index (κ1) is 27.1. The molecule has 3 rings (SSSR count). The minimum absolute atomic E-state index is 0.0485. The van der Waals surface area contributed by atoms with E-state index < -0.39 is 39.0 Å². The number of thiophene rings is 1. The molecular weight excluding hydrogens is 534 g/mol.